The van der Waals surface area contributed by atoms with Crippen molar-refractivity contribution < 1.29 is 5.11 Å². The van der Waals surface area contributed by atoms with Crippen LogP contribution in [-0.4, -0.2) is 15.1 Å². The summed E-state index contributed by atoms with van der Waals surface area (Å²) in [5.41, 5.74) is 1.90. The molecule has 1 aromatic carbocycles. The van der Waals surface area contributed by atoms with Gasteiger partial charge in [0.05, 0.1) is 6.61 Å². The van der Waals surface area contributed by atoms with E-state index in [1.54, 1.807) is 12.4 Å². The molecule has 0 atom stereocenters. The quantitative estimate of drug-likeness (QED) is 0.937. The molecule has 3 nitrogen and oxygen atoms in total. The number of rotatable bonds is 3. The number of halogens is 1. The maximum Gasteiger partial charge on any atom is 0.132 e. The van der Waals surface area contributed by atoms with Gasteiger partial charge in [0.15, 0.2) is 0 Å². The Bertz CT molecular complexity index is 453. The molecule has 0 aliphatic carbocycles. The summed E-state index contributed by atoms with van der Waals surface area (Å²) in [6.07, 6.45) is 4.02. The Labute approximate surface area is 102 Å². The van der Waals surface area contributed by atoms with Gasteiger partial charge >= 0.3 is 0 Å². The first-order valence-corrected chi connectivity index (χ1v) is 5.72. The number of hydrogen-bond acceptors (Lipinski definition) is 3. The molecule has 0 aliphatic heterocycles. The number of benzene rings is 1. The third-order valence-electron chi connectivity index (χ3n) is 2.22. The molecule has 0 amide bonds. The molecule has 0 spiro atoms. The molecule has 16 heavy (non-hydrogen) atoms. The lowest BCUT2D eigenvalue weighted by molar-refractivity contribution is 0.280. The molecule has 4 heteroatoms. The Balaban J connectivity index is 2.11. The zero-order valence-corrected chi connectivity index (χ0v) is 10.2. The van der Waals surface area contributed by atoms with Gasteiger partial charge in [-0.05, 0) is 17.7 Å². The van der Waals surface area contributed by atoms with Gasteiger partial charge in [0.25, 0.3) is 0 Å². The van der Waals surface area contributed by atoms with E-state index in [1.165, 1.54) is 5.56 Å². The minimum atomic E-state index is -0.0153. The maximum absolute atomic E-state index is 8.86. The van der Waals surface area contributed by atoms with Crippen molar-refractivity contribution in [3.63, 3.8) is 0 Å². The van der Waals surface area contributed by atoms with Crippen molar-refractivity contribution in [1.82, 2.24) is 9.97 Å². The van der Waals surface area contributed by atoms with E-state index in [0.717, 1.165) is 15.9 Å². The minimum absolute atomic E-state index is 0.0153. The molecule has 2 rings (SSSR count). The maximum atomic E-state index is 8.86. The van der Waals surface area contributed by atoms with Crippen LogP contribution in [0.1, 0.15) is 17.0 Å². The van der Waals surface area contributed by atoms with Crippen LogP contribution in [0.3, 0.4) is 0 Å². The second-order valence-corrected chi connectivity index (χ2v) is 4.38. The van der Waals surface area contributed by atoms with E-state index in [4.69, 9.17) is 5.11 Å². The van der Waals surface area contributed by atoms with Crippen molar-refractivity contribution in [2.45, 2.75) is 13.0 Å². The molecule has 0 fully saturated rings. The second kappa shape index (κ2) is 5.18. The smallest absolute Gasteiger partial charge is 0.132 e. The molecule has 0 unspecified atom stereocenters. The van der Waals surface area contributed by atoms with Crippen LogP contribution in [0.2, 0.25) is 0 Å². The number of aromatic nitrogens is 2. The molecule has 1 aromatic heterocycles. The molecule has 1 N–H and O–H groups in total. The summed E-state index contributed by atoms with van der Waals surface area (Å²) in [4.78, 5) is 8.37. The third-order valence-corrected chi connectivity index (χ3v) is 2.75. The molecule has 0 saturated carbocycles. The summed E-state index contributed by atoms with van der Waals surface area (Å²) in [6, 6.07) is 8.07. The van der Waals surface area contributed by atoms with Crippen LogP contribution in [0.5, 0.6) is 0 Å². The van der Waals surface area contributed by atoms with E-state index in [1.807, 2.05) is 24.3 Å². The van der Waals surface area contributed by atoms with Gasteiger partial charge in [-0.1, -0.05) is 28.1 Å². The molecular weight excluding hydrogens is 268 g/mol. The van der Waals surface area contributed by atoms with Crippen LogP contribution in [0.4, 0.5) is 0 Å². The van der Waals surface area contributed by atoms with Crippen molar-refractivity contribution in [3.8, 4) is 0 Å². The monoisotopic (exact) mass is 278 g/mol. The molecule has 0 bridgehead atoms. The molecule has 0 saturated heterocycles. The molecule has 1 heterocycles. The fourth-order valence-electron chi connectivity index (χ4n) is 1.34. The molecule has 2 aromatic rings. The highest BCUT2D eigenvalue weighted by atomic mass is 79.9. The predicted octanol–water partition coefficient (Wildman–Crippen LogP) is 2.32. The van der Waals surface area contributed by atoms with Gasteiger partial charge in [0, 0.05) is 28.9 Å². The lowest BCUT2D eigenvalue weighted by Crippen LogP contribution is -1.97. The van der Waals surface area contributed by atoms with Crippen molar-refractivity contribution >= 4 is 15.9 Å². The zero-order valence-electron chi connectivity index (χ0n) is 8.60. The third kappa shape index (κ3) is 2.87. The number of hydrogen-bond donors (Lipinski definition) is 1. The van der Waals surface area contributed by atoms with Crippen LogP contribution in [0.25, 0.3) is 0 Å². The molecule has 0 aliphatic rings. The number of aliphatic hydroxyl groups is 1. The number of nitrogens with zero attached hydrogens (tertiary/aromatic N) is 2. The second-order valence-electron chi connectivity index (χ2n) is 3.47. The topological polar surface area (TPSA) is 46.0 Å². The summed E-state index contributed by atoms with van der Waals surface area (Å²) >= 11 is 3.39. The summed E-state index contributed by atoms with van der Waals surface area (Å²) in [7, 11) is 0. The van der Waals surface area contributed by atoms with Crippen LogP contribution in [0.15, 0.2) is 41.1 Å². The Kier molecular flexibility index (Phi) is 3.64. The average Bonchev–Trinajstić information content (AvgIpc) is 2.33. The summed E-state index contributed by atoms with van der Waals surface area (Å²) < 4.78 is 1.06. The van der Waals surface area contributed by atoms with Gasteiger partial charge in [-0.15, -0.1) is 0 Å². The van der Waals surface area contributed by atoms with Crippen LogP contribution >= 0.6 is 15.9 Å². The van der Waals surface area contributed by atoms with E-state index in [9.17, 15) is 0 Å². The molecule has 0 radical (unpaired) electrons. The standard InChI is InChI=1S/C12H11BrN2O/c13-11-3-1-9(2-4-11)5-12-14-6-10(8-16)7-15-12/h1-4,6-7,16H,5,8H2. The van der Waals surface area contributed by atoms with Gasteiger partial charge in [-0.25, -0.2) is 9.97 Å². The van der Waals surface area contributed by atoms with Crippen molar-refractivity contribution in [2.24, 2.45) is 0 Å². The first kappa shape index (κ1) is 11.2. The Morgan fingerprint density at radius 2 is 1.62 bits per heavy atom. The minimum Gasteiger partial charge on any atom is -0.392 e. The Hall–Kier alpha value is -1.26. The van der Waals surface area contributed by atoms with Gasteiger partial charge in [-0.2, -0.15) is 0 Å². The van der Waals surface area contributed by atoms with E-state index >= 15 is 0 Å². The SMILES string of the molecule is OCc1cnc(Cc2ccc(Br)cc2)nc1. The van der Waals surface area contributed by atoms with E-state index in [0.29, 0.717) is 6.42 Å². The van der Waals surface area contributed by atoms with Gasteiger partial charge < -0.3 is 5.11 Å². The van der Waals surface area contributed by atoms with Gasteiger partial charge in [0.2, 0.25) is 0 Å². The fraction of sp³-hybridized carbons (Fsp3) is 0.167. The first-order valence-electron chi connectivity index (χ1n) is 4.93. The highest BCUT2D eigenvalue weighted by molar-refractivity contribution is 9.10. The summed E-state index contributed by atoms with van der Waals surface area (Å²) in [5, 5.41) is 8.86. The highest BCUT2D eigenvalue weighted by Crippen LogP contribution is 2.12. The Morgan fingerprint density at radius 3 is 2.19 bits per heavy atom. The predicted molar refractivity (Wildman–Crippen MR) is 64.9 cm³/mol. The van der Waals surface area contributed by atoms with Crippen molar-refractivity contribution in [3.05, 3.63) is 58.1 Å². The van der Waals surface area contributed by atoms with E-state index in [2.05, 4.69) is 25.9 Å². The van der Waals surface area contributed by atoms with Crippen molar-refractivity contribution in [1.29, 1.82) is 0 Å². The van der Waals surface area contributed by atoms with E-state index in [-0.39, 0.29) is 6.61 Å². The largest absolute Gasteiger partial charge is 0.392 e. The van der Waals surface area contributed by atoms with Crippen molar-refractivity contribution in [2.75, 3.05) is 0 Å². The lowest BCUT2D eigenvalue weighted by atomic mass is 10.1. The summed E-state index contributed by atoms with van der Waals surface area (Å²) in [6.45, 7) is -0.0153. The normalized spacial score (nSPS) is 10.4. The average molecular weight is 279 g/mol. The lowest BCUT2D eigenvalue weighted by Gasteiger charge is -2.01. The first-order chi connectivity index (χ1) is 7.78. The molecular formula is C12H11BrN2O. The Morgan fingerprint density at radius 1 is 1.00 bits per heavy atom. The zero-order chi connectivity index (χ0) is 11.4. The molecule has 82 valence electrons. The summed E-state index contributed by atoms with van der Waals surface area (Å²) in [5.74, 6) is 0.763. The van der Waals surface area contributed by atoms with Gasteiger partial charge in [0.1, 0.15) is 5.82 Å². The van der Waals surface area contributed by atoms with Crippen LogP contribution in [0, 0.1) is 0 Å². The number of aliphatic hydroxyl groups excluding tert-OH is 1. The van der Waals surface area contributed by atoms with Crippen LogP contribution < -0.4 is 0 Å². The highest BCUT2D eigenvalue weighted by Gasteiger charge is 1.99. The fourth-order valence-corrected chi connectivity index (χ4v) is 1.60. The van der Waals surface area contributed by atoms with E-state index < -0.39 is 0 Å². The van der Waals surface area contributed by atoms with Crippen LogP contribution in [-0.2, 0) is 13.0 Å². The van der Waals surface area contributed by atoms with Gasteiger partial charge in [-0.3, -0.25) is 0 Å².